The molecule has 0 amide bonds. The zero-order chi connectivity index (χ0) is 33.9. The Morgan fingerprint density at radius 2 is 1.04 bits per heavy atom. The first-order chi connectivity index (χ1) is 23.1. The molecule has 0 aromatic heterocycles. The Kier molecular flexibility index (Phi) is 13.7. The maximum atomic E-state index is 2.36. The number of halogens is 2. The first kappa shape index (κ1) is 39.5. The monoisotopic (exact) mass is 784 g/mol. The number of hydrogen-bond donors (Lipinski definition) is 0. The molecule has 0 saturated heterocycles. The van der Waals surface area contributed by atoms with Gasteiger partial charge in [0.1, 0.15) is 0 Å². The van der Waals surface area contributed by atoms with Crippen molar-refractivity contribution in [2.75, 3.05) is 0 Å². The molecule has 0 bridgehead atoms. The Labute approximate surface area is 325 Å². The van der Waals surface area contributed by atoms with Gasteiger partial charge in [0.25, 0.3) is 0 Å². The third-order valence-electron chi connectivity index (χ3n) is 9.13. The summed E-state index contributed by atoms with van der Waals surface area (Å²) >= 11 is 1.74. The van der Waals surface area contributed by atoms with Crippen LogP contribution in [-0.2, 0) is 23.3 Å². The summed E-state index contributed by atoms with van der Waals surface area (Å²) in [5.41, 5.74) is 11.1. The molecule has 252 valence electrons. The number of benzene rings is 6. The molecule has 0 unspecified atom stereocenters. The Morgan fingerprint density at radius 3 is 1.64 bits per heavy atom. The van der Waals surface area contributed by atoms with Gasteiger partial charge in [-0.1, -0.05) is 141 Å². The first-order valence-electron chi connectivity index (χ1n) is 17.0. The van der Waals surface area contributed by atoms with Gasteiger partial charge in [0.2, 0.25) is 0 Å². The molecule has 0 radical (unpaired) electrons. The summed E-state index contributed by atoms with van der Waals surface area (Å²) in [6.45, 7) is 15.7. The van der Waals surface area contributed by atoms with Crippen molar-refractivity contribution in [3.8, 4) is 22.3 Å². The first-order valence-corrected chi connectivity index (χ1v) is 23.2. The summed E-state index contributed by atoms with van der Waals surface area (Å²) in [6, 6.07) is 48.7. The largest absolute Gasteiger partial charge is 1.00 e. The van der Waals surface area contributed by atoms with Gasteiger partial charge in [-0.3, -0.25) is 0 Å². The van der Waals surface area contributed by atoms with Crippen LogP contribution in [0.3, 0.4) is 0 Å². The smallest absolute Gasteiger partial charge is 0.0113 e. The molecule has 0 N–H and O–H groups in total. The predicted octanol–water partition coefficient (Wildman–Crippen LogP) is 7.60. The third kappa shape index (κ3) is 8.43. The zero-order valence-corrected chi connectivity index (χ0v) is 35.0. The van der Waals surface area contributed by atoms with E-state index in [4.69, 9.17) is 0 Å². The Morgan fingerprint density at radius 1 is 0.540 bits per heavy atom. The van der Waals surface area contributed by atoms with E-state index in [9.17, 15) is 0 Å². The van der Waals surface area contributed by atoms with Crippen LogP contribution in [0, 0.1) is 20.8 Å². The Balaban J connectivity index is 0.000000196. The minimum Gasteiger partial charge on any atom is -1.00 e. The van der Waals surface area contributed by atoms with Crippen molar-refractivity contribution < 1.29 is 48.1 Å². The Bertz CT molecular complexity index is 2400. The Hall–Kier alpha value is -3.26. The molecule has 8 rings (SSSR count). The molecule has 0 spiro atoms. The summed E-state index contributed by atoms with van der Waals surface area (Å²) in [5, 5.41) is 10.7. The predicted molar refractivity (Wildman–Crippen MR) is 211 cm³/mol. The summed E-state index contributed by atoms with van der Waals surface area (Å²) in [4.78, 5) is 0. The van der Waals surface area contributed by atoms with Gasteiger partial charge in [-0.25, -0.2) is 0 Å². The normalized spacial score (nSPS) is 10.7. The molecule has 8 aromatic carbocycles. The molecule has 0 aliphatic rings. The van der Waals surface area contributed by atoms with Crippen LogP contribution in [-0.4, -0.2) is 5.43 Å². The van der Waals surface area contributed by atoms with Gasteiger partial charge in [0.15, 0.2) is 0 Å². The zero-order valence-electron chi connectivity index (χ0n) is 30.0. The second-order valence-electron chi connectivity index (χ2n) is 13.6. The fourth-order valence-corrected chi connectivity index (χ4v) is 6.96. The van der Waals surface area contributed by atoms with E-state index < -0.39 is 0 Å². The van der Waals surface area contributed by atoms with Crippen LogP contribution in [0.15, 0.2) is 133 Å². The molecule has 0 atom stereocenters. The van der Waals surface area contributed by atoms with E-state index in [1.807, 2.05) is 0 Å². The van der Waals surface area contributed by atoms with E-state index >= 15 is 0 Å². The number of fused-ring (bicyclic) bond motifs is 4. The van der Waals surface area contributed by atoms with Gasteiger partial charge in [-0.2, -0.15) is 12.1 Å². The van der Waals surface area contributed by atoms with Crippen LogP contribution in [0.1, 0.15) is 42.0 Å². The second-order valence-corrected chi connectivity index (χ2v) is 22.9. The average Bonchev–Trinajstić information content (AvgIpc) is 3.69. The van der Waals surface area contributed by atoms with Crippen molar-refractivity contribution in [3.05, 3.63) is 156 Å². The molecule has 8 aromatic rings. The van der Waals surface area contributed by atoms with Crippen molar-refractivity contribution in [2.45, 2.75) is 53.6 Å². The van der Waals surface area contributed by atoms with E-state index in [0.29, 0.717) is 5.92 Å². The van der Waals surface area contributed by atoms with Crippen LogP contribution in [0.5, 0.6) is 0 Å². The molecule has 0 heterocycles. The van der Waals surface area contributed by atoms with Crippen molar-refractivity contribution in [1.29, 1.82) is 0 Å². The topological polar surface area (TPSA) is 0 Å². The maximum Gasteiger partial charge on any atom is -0.0113 e. The quantitative estimate of drug-likeness (QED) is 0.128. The van der Waals surface area contributed by atoms with Gasteiger partial charge in [-0.15, -0.1) is 62.5 Å². The third-order valence-corrected chi connectivity index (χ3v) is 9.13. The van der Waals surface area contributed by atoms with Gasteiger partial charge in [-0.05, 0) is 45.5 Å². The van der Waals surface area contributed by atoms with Crippen molar-refractivity contribution in [1.82, 2.24) is 0 Å². The van der Waals surface area contributed by atoms with Crippen LogP contribution < -0.4 is 24.8 Å². The van der Waals surface area contributed by atoms with E-state index in [1.54, 1.807) is 23.3 Å². The van der Waals surface area contributed by atoms with Crippen LogP contribution in [0.2, 0.25) is 13.1 Å². The summed E-state index contributed by atoms with van der Waals surface area (Å²) in [5.74, 6) is 0.563. The molecule has 4 heteroatoms. The maximum absolute atomic E-state index is 2.36. The van der Waals surface area contributed by atoms with Gasteiger partial charge < -0.3 is 24.8 Å². The summed E-state index contributed by atoms with van der Waals surface area (Å²) in [7, 11) is 0. The summed E-state index contributed by atoms with van der Waals surface area (Å²) in [6.07, 6.45) is 0. The molecular formula is C46H44Cl2SiZr-2. The molecular weight excluding hydrogens is 743 g/mol. The van der Waals surface area contributed by atoms with Crippen LogP contribution in [0.4, 0.5) is 0 Å². The molecule has 50 heavy (non-hydrogen) atoms. The molecule has 0 aliphatic carbocycles. The van der Waals surface area contributed by atoms with Crippen molar-refractivity contribution in [2.24, 2.45) is 0 Å². The van der Waals surface area contributed by atoms with Gasteiger partial charge in [0.05, 0.1) is 0 Å². The SMILES string of the molecule is CC(C)c1cc2c(-c3cccc4ccccc34)cccc2[cH-]1.C[Si](C)=[Zr+2].Cc1cc2c(-c3cccc4ccccc34)c(C)cc(C)c2[cH-]1.[Cl-].[Cl-]. The van der Waals surface area contributed by atoms with Crippen LogP contribution >= 0.6 is 0 Å². The van der Waals surface area contributed by atoms with Crippen LogP contribution in [0.25, 0.3) is 65.3 Å². The average molecular weight is 787 g/mol. The fraction of sp³-hybridized carbons (Fsp3) is 0.174. The molecule has 0 nitrogen and oxygen atoms in total. The standard InChI is InChI=1S/2C22H19.C2H6Si.2ClH.Zr/c1-14-11-20-15(2)13-16(3)22(21(20)12-14)19-10-6-8-17-7-4-5-9-18(17)19;1-15(2)18-13-17-9-6-12-21(22(17)14-18)20-11-5-8-16-7-3-4-10-19(16)20;1-3-2;;;/h4-13H,1-3H3;3-15H,1-2H3;1-2H3;2*1H;/q2*-1;;;;+2/p-2. The van der Waals surface area contributed by atoms with Gasteiger partial charge >= 0.3 is 41.9 Å². The number of aryl methyl sites for hydroxylation is 3. The van der Waals surface area contributed by atoms with E-state index in [2.05, 4.69) is 181 Å². The minimum atomic E-state index is 0. The number of rotatable bonds is 3. The fourth-order valence-electron chi connectivity index (χ4n) is 6.96. The molecule has 0 fully saturated rings. The second kappa shape index (κ2) is 17.3. The van der Waals surface area contributed by atoms with Crippen molar-refractivity contribution in [3.63, 3.8) is 0 Å². The molecule has 0 saturated carbocycles. The van der Waals surface area contributed by atoms with E-state index in [-0.39, 0.29) is 30.2 Å². The summed E-state index contributed by atoms with van der Waals surface area (Å²) < 4.78 is 0. The van der Waals surface area contributed by atoms with Gasteiger partial charge in [0, 0.05) is 0 Å². The molecule has 0 aliphatic heterocycles. The van der Waals surface area contributed by atoms with E-state index in [0.717, 1.165) is 0 Å². The number of hydrogen-bond acceptors (Lipinski definition) is 0. The minimum absolute atomic E-state index is 0. The van der Waals surface area contributed by atoms with Crippen molar-refractivity contribution >= 4 is 48.5 Å². The van der Waals surface area contributed by atoms with E-state index in [1.165, 1.54) is 87.6 Å².